The average Bonchev–Trinajstić information content (AvgIpc) is 3.12. The van der Waals surface area contributed by atoms with E-state index in [1.165, 1.54) is 0 Å². The van der Waals surface area contributed by atoms with E-state index in [4.69, 9.17) is 18.1 Å². The predicted octanol–water partition coefficient (Wildman–Crippen LogP) is 10.5. The van der Waals surface area contributed by atoms with Crippen molar-refractivity contribution >= 4 is 36.7 Å². The van der Waals surface area contributed by atoms with Crippen LogP contribution in [0.2, 0.25) is 0 Å². The van der Waals surface area contributed by atoms with Crippen molar-refractivity contribution in [1.29, 1.82) is 0 Å². The van der Waals surface area contributed by atoms with Crippen LogP contribution in [0.15, 0.2) is 133 Å². The first kappa shape index (κ1) is 30.5. The van der Waals surface area contributed by atoms with Gasteiger partial charge in [0.05, 0.1) is 44.2 Å². The number of hydrogen-bond donors (Lipinski definition) is 0. The van der Waals surface area contributed by atoms with Crippen molar-refractivity contribution in [3.8, 4) is 22.3 Å². The summed E-state index contributed by atoms with van der Waals surface area (Å²) in [6.07, 6.45) is 0.274. The van der Waals surface area contributed by atoms with Gasteiger partial charge in [0.15, 0.2) is 0 Å². The number of benzene rings is 6. The van der Waals surface area contributed by atoms with E-state index < -0.39 is 20.6 Å². The molecule has 0 atom stereocenters. The lowest BCUT2D eigenvalue weighted by molar-refractivity contribution is -0.0689. The van der Waals surface area contributed by atoms with Gasteiger partial charge in [-0.3, -0.25) is 9.13 Å². The van der Waals surface area contributed by atoms with Crippen molar-refractivity contribution in [1.82, 2.24) is 0 Å². The van der Waals surface area contributed by atoms with Gasteiger partial charge in [0.25, 0.3) is 0 Å². The molecule has 47 heavy (non-hydrogen) atoms. The molecule has 2 aliphatic heterocycles. The molecular formula is C39H34O6P2. The lowest BCUT2D eigenvalue weighted by atomic mass is 9.93. The maximum Gasteiger partial charge on any atom is 0.335 e. The molecule has 2 heterocycles. The molecule has 2 saturated heterocycles. The Morgan fingerprint density at radius 2 is 0.809 bits per heavy atom. The van der Waals surface area contributed by atoms with Crippen LogP contribution >= 0.6 is 15.2 Å². The van der Waals surface area contributed by atoms with Gasteiger partial charge >= 0.3 is 15.2 Å². The van der Waals surface area contributed by atoms with E-state index in [1.54, 1.807) is 0 Å². The minimum Gasteiger partial charge on any atom is -0.307 e. The first-order chi connectivity index (χ1) is 22.9. The van der Waals surface area contributed by atoms with Crippen LogP contribution in [0.25, 0.3) is 43.8 Å². The molecule has 0 unspecified atom stereocenters. The highest BCUT2D eigenvalue weighted by molar-refractivity contribution is 7.53. The Labute approximate surface area is 274 Å². The predicted molar refractivity (Wildman–Crippen MR) is 188 cm³/mol. The average molecular weight is 661 g/mol. The molecule has 8 heteroatoms. The van der Waals surface area contributed by atoms with E-state index >= 15 is 0 Å². The molecule has 6 aromatic carbocycles. The third-order valence-corrected chi connectivity index (χ3v) is 12.7. The molecule has 2 fully saturated rings. The summed E-state index contributed by atoms with van der Waals surface area (Å²) < 4.78 is 52.7. The zero-order valence-electron chi connectivity index (χ0n) is 25.8. The Kier molecular flexibility index (Phi) is 7.98. The molecule has 0 N–H and O–H groups in total. The zero-order chi connectivity index (χ0) is 31.9. The molecule has 0 aromatic heterocycles. The van der Waals surface area contributed by atoms with Gasteiger partial charge in [0.1, 0.15) is 0 Å². The molecular weight excluding hydrogens is 626 g/mol. The highest BCUT2D eigenvalue weighted by Gasteiger charge is 2.49. The summed E-state index contributed by atoms with van der Waals surface area (Å²) in [6, 6.07) is 44.7. The standard InChI is InChI=1S/C39H34O6P2/c40-46(23-37-33-17-9-7-15-31(33)19-21-35(37)29-11-3-1-4-12-29)42-25-39(26-43-46)27-44-47(41,45-28-39)24-38-34-18-10-8-16-32(34)20-22-36(38)30-13-5-2-6-14-30/h1-22H,23-28H2. The summed E-state index contributed by atoms with van der Waals surface area (Å²) in [5, 5.41) is 4.16. The van der Waals surface area contributed by atoms with Crippen LogP contribution in [0.3, 0.4) is 0 Å². The lowest BCUT2D eigenvalue weighted by Crippen LogP contribution is -2.45. The Morgan fingerprint density at radius 1 is 0.447 bits per heavy atom. The monoisotopic (exact) mass is 660 g/mol. The topological polar surface area (TPSA) is 71.1 Å². The fraction of sp³-hybridized carbons (Fsp3) is 0.179. The van der Waals surface area contributed by atoms with E-state index in [-0.39, 0.29) is 38.8 Å². The summed E-state index contributed by atoms with van der Waals surface area (Å²) in [4.78, 5) is 0. The molecule has 0 bridgehead atoms. The number of rotatable bonds is 6. The first-order valence-electron chi connectivity index (χ1n) is 15.8. The van der Waals surface area contributed by atoms with E-state index in [0.717, 1.165) is 54.9 Å². The minimum atomic E-state index is -3.51. The normalized spacial score (nSPS) is 24.5. The van der Waals surface area contributed by atoms with Crippen LogP contribution in [0.5, 0.6) is 0 Å². The smallest absolute Gasteiger partial charge is 0.307 e. The fourth-order valence-electron chi connectivity index (χ4n) is 6.62. The zero-order valence-corrected chi connectivity index (χ0v) is 27.6. The third-order valence-electron chi connectivity index (χ3n) is 9.22. The SMILES string of the molecule is O=P1(Cc2c(-c3ccccc3)ccc3ccccc23)OCC2(CO1)COP(=O)(Cc1c(-c3ccccc3)ccc3ccccc13)OC2. The summed E-state index contributed by atoms with van der Waals surface area (Å²) in [5.41, 5.74) is 5.24. The Bertz CT molecular complexity index is 2000. The largest absolute Gasteiger partial charge is 0.335 e. The maximum atomic E-state index is 14.1. The highest BCUT2D eigenvalue weighted by atomic mass is 31.2. The van der Waals surface area contributed by atoms with Gasteiger partial charge in [-0.05, 0) is 54.9 Å². The molecule has 6 aromatic rings. The molecule has 0 radical (unpaired) electrons. The maximum absolute atomic E-state index is 14.1. The second kappa shape index (κ2) is 12.3. The highest BCUT2D eigenvalue weighted by Crippen LogP contribution is 2.62. The van der Waals surface area contributed by atoms with Crippen molar-refractivity contribution in [2.45, 2.75) is 12.3 Å². The van der Waals surface area contributed by atoms with E-state index in [0.29, 0.717) is 0 Å². The first-order valence-corrected chi connectivity index (χ1v) is 19.3. The van der Waals surface area contributed by atoms with Crippen molar-refractivity contribution in [3.05, 3.63) is 145 Å². The Balaban J connectivity index is 1.01. The molecule has 236 valence electrons. The van der Waals surface area contributed by atoms with E-state index in [2.05, 4.69) is 60.7 Å². The summed E-state index contributed by atoms with van der Waals surface area (Å²) in [6.45, 7) is 0.497. The fourth-order valence-corrected chi connectivity index (χ4v) is 10.5. The molecule has 0 amide bonds. The number of fused-ring (bicyclic) bond motifs is 2. The minimum absolute atomic E-state index is 0.124. The molecule has 2 aliphatic rings. The van der Waals surface area contributed by atoms with Crippen LogP contribution in [-0.4, -0.2) is 26.4 Å². The van der Waals surface area contributed by atoms with Gasteiger partial charge in [0, 0.05) is 0 Å². The van der Waals surface area contributed by atoms with Gasteiger partial charge in [-0.2, -0.15) is 0 Å². The van der Waals surface area contributed by atoms with Crippen LogP contribution < -0.4 is 0 Å². The molecule has 8 rings (SSSR count). The van der Waals surface area contributed by atoms with Crippen LogP contribution in [0, 0.1) is 5.41 Å². The van der Waals surface area contributed by atoms with Crippen molar-refractivity contribution in [2.24, 2.45) is 5.41 Å². The summed E-state index contributed by atoms with van der Waals surface area (Å²) >= 11 is 0. The third kappa shape index (κ3) is 6.03. The van der Waals surface area contributed by atoms with Crippen LogP contribution in [0.1, 0.15) is 11.1 Å². The van der Waals surface area contributed by atoms with Crippen molar-refractivity contribution < 1.29 is 27.2 Å². The quantitative estimate of drug-likeness (QED) is 0.166. The molecule has 6 nitrogen and oxygen atoms in total. The Morgan fingerprint density at radius 3 is 1.21 bits per heavy atom. The van der Waals surface area contributed by atoms with Gasteiger partial charge < -0.3 is 18.1 Å². The second-order valence-electron chi connectivity index (χ2n) is 12.5. The van der Waals surface area contributed by atoms with Crippen molar-refractivity contribution in [2.75, 3.05) is 26.4 Å². The number of hydrogen-bond acceptors (Lipinski definition) is 6. The van der Waals surface area contributed by atoms with Gasteiger partial charge in [-0.1, -0.05) is 133 Å². The van der Waals surface area contributed by atoms with Crippen LogP contribution in [-0.2, 0) is 39.5 Å². The second-order valence-corrected chi connectivity index (χ2v) is 16.6. The van der Waals surface area contributed by atoms with Gasteiger partial charge in [-0.15, -0.1) is 0 Å². The van der Waals surface area contributed by atoms with Gasteiger partial charge in [-0.25, -0.2) is 0 Å². The van der Waals surface area contributed by atoms with E-state index in [1.807, 2.05) is 72.8 Å². The summed E-state index contributed by atoms with van der Waals surface area (Å²) in [5.74, 6) is 0. The van der Waals surface area contributed by atoms with Crippen LogP contribution in [0.4, 0.5) is 0 Å². The molecule has 1 spiro atoms. The van der Waals surface area contributed by atoms with E-state index in [9.17, 15) is 9.13 Å². The summed E-state index contributed by atoms with van der Waals surface area (Å²) in [7, 11) is -7.03. The van der Waals surface area contributed by atoms with Gasteiger partial charge in [0.2, 0.25) is 0 Å². The Hall–Kier alpha value is -3.86. The molecule has 0 aliphatic carbocycles. The van der Waals surface area contributed by atoms with Crippen molar-refractivity contribution in [3.63, 3.8) is 0 Å². The lowest BCUT2D eigenvalue weighted by Gasteiger charge is -2.43. The molecule has 0 saturated carbocycles.